The summed E-state index contributed by atoms with van der Waals surface area (Å²) < 4.78 is 7.71. The average molecular weight is 273 g/mol. The summed E-state index contributed by atoms with van der Waals surface area (Å²) >= 11 is 0. The smallest absolute Gasteiger partial charge is 0.130 e. The first-order valence-electron chi connectivity index (χ1n) is 6.86. The molecular weight excluding hydrogens is 250 g/mol. The molecule has 20 heavy (non-hydrogen) atoms. The fourth-order valence-corrected chi connectivity index (χ4v) is 1.75. The summed E-state index contributed by atoms with van der Waals surface area (Å²) in [5, 5.41) is 3.47. The topological polar surface area (TPSA) is 39.1 Å². The summed E-state index contributed by atoms with van der Waals surface area (Å²) in [6.45, 7) is 7.90. The number of rotatable bonds is 5. The summed E-state index contributed by atoms with van der Waals surface area (Å²) in [6.07, 6.45) is 3.60. The second kappa shape index (κ2) is 6.09. The Hall–Kier alpha value is -1.81. The quantitative estimate of drug-likeness (QED) is 0.910. The Morgan fingerprint density at radius 2 is 1.90 bits per heavy atom. The minimum absolute atomic E-state index is 0.134. The fraction of sp³-hybridized carbons (Fsp3) is 0.438. The van der Waals surface area contributed by atoms with Crippen LogP contribution in [0.4, 0.5) is 0 Å². The number of aryl methyl sites for hydroxylation is 1. The van der Waals surface area contributed by atoms with Gasteiger partial charge in [-0.05, 0) is 38.5 Å². The number of aromatic nitrogens is 2. The largest absolute Gasteiger partial charge is 0.487 e. The normalized spacial score (nSPS) is 11.6. The third-order valence-corrected chi connectivity index (χ3v) is 3.05. The predicted molar refractivity (Wildman–Crippen MR) is 80.6 cm³/mol. The highest BCUT2D eigenvalue weighted by molar-refractivity contribution is 5.27. The third kappa shape index (κ3) is 4.38. The highest BCUT2D eigenvalue weighted by Crippen LogP contribution is 2.14. The number of benzene rings is 1. The van der Waals surface area contributed by atoms with Gasteiger partial charge in [-0.2, -0.15) is 0 Å². The van der Waals surface area contributed by atoms with Gasteiger partial charge >= 0.3 is 0 Å². The van der Waals surface area contributed by atoms with Gasteiger partial charge in [0.05, 0.1) is 18.2 Å². The maximum atomic E-state index is 5.75. The van der Waals surface area contributed by atoms with Crippen LogP contribution in [0, 0.1) is 0 Å². The van der Waals surface area contributed by atoms with Crippen molar-refractivity contribution in [2.75, 3.05) is 0 Å². The highest BCUT2D eigenvalue weighted by Gasteiger charge is 2.08. The van der Waals surface area contributed by atoms with Crippen molar-refractivity contribution in [1.29, 1.82) is 0 Å². The van der Waals surface area contributed by atoms with E-state index in [0.717, 1.165) is 18.0 Å². The molecule has 0 bridgehead atoms. The maximum Gasteiger partial charge on any atom is 0.130 e. The molecule has 1 aromatic carbocycles. The lowest BCUT2D eigenvalue weighted by molar-refractivity contribution is 0.297. The van der Waals surface area contributed by atoms with Crippen LogP contribution in [-0.4, -0.2) is 15.1 Å². The monoisotopic (exact) mass is 273 g/mol. The first-order chi connectivity index (χ1) is 9.44. The summed E-state index contributed by atoms with van der Waals surface area (Å²) in [5.74, 6) is 0.880. The SMILES string of the molecule is Cn1cncc1COc1ccc(CNC(C)(C)C)cc1. The molecule has 0 radical (unpaired) electrons. The van der Waals surface area contributed by atoms with E-state index in [4.69, 9.17) is 4.74 Å². The Morgan fingerprint density at radius 1 is 1.20 bits per heavy atom. The molecule has 0 atom stereocenters. The van der Waals surface area contributed by atoms with Crippen LogP contribution < -0.4 is 10.1 Å². The molecule has 2 rings (SSSR count). The second-order valence-electron chi connectivity index (χ2n) is 6.03. The van der Waals surface area contributed by atoms with E-state index in [-0.39, 0.29) is 5.54 Å². The van der Waals surface area contributed by atoms with E-state index in [1.165, 1.54) is 5.56 Å². The van der Waals surface area contributed by atoms with Gasteiger partial charge in [0.15, 0.2) is 0 Å². The molecule has 0 spiro atoms. The summed E-state index contributed by atoms with van der Waals surface area (Å²) in [7, 11) is 1.97. The van der Waals surface area contributed by atoms with Gasteiger partial charge in [-0.15, -0.1) is 0 Å². The summed E-state index contributed by atoms with van der Waals surface area (Å²) in [6, 6.07) is 8.21. The van der Waals surface area contributed by atoms with Gasteiger partial charge in [0.1, 0.15) is 12.4 Å². The molecule has 0 aliphatic carbocycles. The van der Waals surface area contributed by atoms with E-state index in [1.54, 1.807) is 6.33 Å². The van der Waals surface area contributed by atoms with E-state index >= 15 is 0 Å². The van der Waals surface area contributed by atoms with E-state index in [0.29, 0.717) is 6.61 Å². The van der Waals surface area contributed by atoms with Gasteiger partial charge in [0, 0.05) is 19.1 Å². The van der Waals surface area contributed by atoms with Crippen molar-refractivity contribution in [2.45, 2.75) is 39.5 Å². The fourth-order valence-electron chi connectivity index (χ4n) is 1.75. The van der Waals surface area contributed by atoms with Crippen LogP contribution in [0.15, 0.2) is 36.8 Å². The van der Waals surface area contributed by atoms with Crippen molar-refractivity contribution in [3.05, 3.63) is 48.0 Å². The number of hydrogen-bond acceptors (Lipinski definition) is 3. The zero-order valence-corrected chi connectivity index (χ0v) is 12.7. The first-order valence-corrected chi connectivity index (χ1v) is 6.86. The molecule has 0 unspecified atom stereocenters. The molecule has 0 saturated heterocycles. The lowest BCUT2D eigenvalue weighted by Crippen LogP contribution is -2.34. The van der Waals surface area contributed by atoms with Crippen LogP contribution in [0.25, 0.3) is 0 Å². The Labute approximate surface area is 120 Å². The van der Waals surface area contributed by atoms with Crippen LogP contribution >= 0.6 is 0 Å². The summed E-state index contributed by atoms with van der Waals surface area (Å²) in [5.41, 5.74) is 2.45. The Bertz CT molecular complexity index is 538. The van der Waals surface area contributed by atoms with Crippen LogP contribution in [0.2, 0.25) is 0 Å². The average Bonchev–Trinajstić information content (AvgIpc) is 2.80. The van der Waals surface area contributed by atoms with Crippen LogP contribution in [0.3, 0.4) is 0 Å². The van der Waals surface area contributed by atoms with Gasteiger partial charge < -0.3 is 14.6 Å². The number of hydrogen-bond donors (Lipinski definition) is 1. The van der Waals surface area contributed by atoms with Crippen molar-refractivity contribution in [3.8, 4) is 5.75 Å². The molecule has 0 fully saturated rings. The van der Waals surface area contributed by atoms with Gasteiger partial charge in [-0.25, -0.2) is 4.98 Å². The predicted octanol–water partition coefficient (Wildman–Crippen LogP) is 2.89. The van der Waals surface area contributed by atoms with E-state index in [9.17, 15) is 0 Å². The molecule has 0 aliphatic rings. The minimum atomic E-state index is 0.134. The zero-order valence-electron chi connectivity index (χ0n) is 12.7. The molecule has 4 nitrogen and oxygen atoms in total. The van der Waals surface area contributed by atoms with Crippen LogP contribution in [0.5, 0.6) is 5.75 Å². The Kier molecular flexibility index (Phi) is 4.45. The molecule has 4 heteroatoms. The number of imidazole rings is 1. The Balaban J connectivity index is 1.87. The van der Waals surface area contributed by atoms with Gasteiger partial charge in [0.25, 0.3) is 0 Å². The first kappa shape index (κ1) is 14.6. The zero-order chi connectivity index (χ0) is 14.6. The molecule has 1 N–H and O–H groups in total. The Morgan fingerprint density at radius 3 is 2.45 bits per heavy atom. The molecule has 1 heterocycles. The molecule has 2 aromatic rings. The number of ether oxygens (including phenoxy) is 1. The van der Waals surface area contributed by atoms with Crippen molar-refractivity contribution in [3.63, 3.8) is 0 Å². The van der Waals surface area contributed by atoms with Crippen LogP contribution in [0.1, 0.15) is 32.0 Å². The molecule has 0 amide bonds. The number of nitrogens with one attached hydrogen (secondary N) is 1. The van der Waals surface area contributed by atoms with E-state index in [2.05, 4.69) is 43.2 Å². The number of nitrogens with zero attached hydrogens (tertiary/aromatic N) is 2. The van der Waals surface area contributed by atoms with Crippen molar-refractivity contribution in [2.24, 2.45) is 7.05 Å². The van der Waals surface area contributed by atoms with E-state index in [1.807, 2.05) is 29.9 Å². The minimum Gasteiger partial charge on any atom is -0.487 e. The molecule has 0 aliphatic heterocycles. The lowest BCUT2D eigenvalue weighted by Gasteiger charge is -2.20. The second-order valence-corrected chi connectivity index (χ2v) is 6.03. The molecule has 0 saturated carbocycles. The third-order valence-electron chi connectivity index (χ3n) is 3.05. The van der Waals surface area contributed by atoms with Gasteiger partial charge in [0.2, 0.25) is 0 Å². The van der Waals surface area contributed by atoms with Gasteiger partial charge in [-0.1, -0.05) is 12.1 Å². The maximum absolute atomic E-state index is 5.75. The molecule has 1 aromatic heterocycles. The van der Waals surface area contributed by atoms with Gasteiger partial charge in [-0.3, -0.25) is 0 Å². The highest BCUT2D eigenvalue weighted by atomic mass is 16.5. The van der Waals surface area contributed by atoms with Crippen molar-refractivity contribution < 1.29 is 4.74 Å². The molecular formula is C16H23N3O. The van der Waals surface area contributed by atoms with E-state index < -0.39 is 0 Å². The van der Waals surface area contributed by atoms with Crippen molar-refractivity contribution in [1.82, 2.24) is 14.9 Å². The van der Waals surface area contributed by atoms with Crippen molar-refractivity contribution >= 4 is 0 Å². The summed E-state index contributed by atoms with van der Waals surface area (Å²) in [4.78, 5) is 4.07. The standard InChI is InChI=1S/C16H23N3O/c1-16(2,3)18-9-13-5-7-15(8-6-13)20-11-14-10-17-12-19(14)4/h5-8,10,12,18H,9,11H2,1-4H3. The van der Waals surface area contributed by atoms with Crippen LogP contribution in [-0.2, 0) is 20.2 Å². The lowest BCUT2D eigenvalue weighted by atomic mass is 10.1. The molecule has 108 valence electrons.